The lowest BCUT2D eigenvalue weighted by atomic mass is 10.1. The fourth-order valence-corrected chi connectivity index (χ4v) is 2.85. The van der Waals surface area contributed by atoms with Gasteiger partial charge in [0.25, 0.3) is 5.91 Å². The van der Waals surface area contributed by atoms with E-state index in [0.717, 1.165) is 10.4 Å². The van der Waals surface area contributed by atoms with Gasteiger partial charge >= 0.3 is 5.97 Å². The predicted molar refractivity (Wildman–Crippen MR) is 79.9 cm³/mol. The first-order valence-corrected chi connectivity index (χ1v) is 6.93. The lowest BCUT2D eigenvalue weighted by Gasteiger charge is -2.09. The van der Waals surface area contributed by atoms with Gasteiger partial charge in [0.15, 0.2) is 0 Å². The highest BCUT2D eigenvalue weighted by atomic mass is 32.1. The molecule has 0 fully saturated rings. The van der Waals surface area contributed by atoms with Crippen molar-refractivity contribution in [3.05, 3.63) is 50.7 Å². The SMILES string of the molecule is Cc1cc(C(=O)Nc2cccc(C)c2C(=O)O)sc1C. The Hall–Kier alpha value is -2.14. The van der Waals surface area contributed by atoms with E-state index in [-0.39, 0.29) is 11.5 Å². The van der Waals surface area contributed by atoms with E-state index in [1.807, 2.05) is 19.9 Å². The van der Waals surface area contributed by atoms with Gasteiger partial charge in [-0.25, -0.2) is 4.79 Å². The number of rotatable bonds is 3. The molecule has 0 aliphatic heterocycles. The lowest BCUT2D eigenvalue weighted by molar-refractivity contribution is 0.0697. The second-order valence-electron chi connectivity index (χ2n) is 4.61. The molecule has 1 heterocycles. The van der Waals surface area contributed by atoms with Crippen LogP contribution in [0, 0.1) is 20.8 Å². The van der Waals surface area contributed by atoms with E-state index in [2.05, 4.69) is 5.32 Å². The van der Waals surface area contributed by atoms with E-state index in [0.29, 0.717) is 16.1 Å². The van der Waals surface area contributed by atoms with E-state index in [1.54, 1.807) is 25.1 Å². The third-order valence-corrected chi connectivity index (χ3v) is 4.28. The zero-order valence-corrected chi connectivity index (χ0v) is 12.3. The van der Waals surface area contributed by atoms with Gasteiger partial charge in [-0.2, -0.15) is 0 Å². The summed E-state index contributed by atoms with van der Waals surface area (Å²) in [5, 5.41) is 11.9. The van der Waals surface area contributed by atoms with Crippen LogP contribution < -0.4 is 5.32 Å². The summed E-state index contributed by atoms with van der Waals surface area (Å²) >= 11 is 1.40. The summed E-state index contributed by atoms with van der Waals surface area (Å²) < 4.78 is 0. The highest BCUT2D eigenvalue weighted by Crippen LogP contribution is 2.24. The third-order valence-electron chi connectivity index (χ3n) is 3.12. The van der Waals surface area contributed by atoms with Crippen molar-refractivity contribution in [2.75, 3.05) is 5.32 Å². The monoisotopic (exact) mass is 289 g/mol. The van der Waals surface area contributed by atoms with Gasteiger partial charge in [0.05, 0.1) is 16.1 Å². The van der Waals surface area contributed by atoms with Gasteiger partial charge in [-0.1, -0.05) is 12.1 Å². The number of carboxylic acid groups (broad SMARTS) is 1. The van der Waals surface area contributed by atoms with Crippen LogP contribution in [0.25, 0.3) is 0 Å². The maximum Gasteiger partial charge on any atom is 0.338 e. The van der Waals surface area contributed by atoms with Gasteiger partial charge < -0.3 is 10.4 Å². The molecule has 20 heavy (non-hydrogen) atoms. The van der Waals surface area contributed by atoms with Crippen molar-refractivity contribution in [3.8, 4) is 0 Å². The molecule has 0 radical (unpaired) electrons. The molecule has 4 nitrogen and oxygen atoms in total. The van der Waals surface area contributed by atoms with Gasteiger partial charge in [-0.3, -0.25) is 4.79 Å². The van der Waals surface area contributed by atoms with Crippen LogP contribution in [0.15, 0.2) is 24.3 Å². The number of nitrogens with one attached hydrogen (secondary N) is 1. The van der Waals surface area contributed by atoms with E-state index in [1.165, 1.54) is 11.3 Å². The third kappa shape index (κ3) is 2.72. The normalized spacial score (nSPS) is 10.3. The number of benzene rings is 1. The number of hydrogen-bond donors (Lipinski definition) is 2. The fourth-order valence-electron chi connectivity index (χ4n) is 1.92. The minimum Gasteiger partial charge on any atom is -0.478 e. The fraction of sp³-hybridized carbons (Fsp3) is 0.200. The highest BCUT2D eigenvalue weighted by Gasteiger charge is 2.17. The summed E-state index contributed by atoms with van der Waals surface area (Å²) in [7, 11) is 0. The van der Waals surface area contributed by atoms with Gasteiger partial charge in [-0.05, 0) is 44.0 Å². The van der Waals surface area contributed by atoms with Crippen molar-refractivity contribution in [3.63, 3.8) is 0 Å². The van der Waals surface area contributed by atoms with Gasteiger partial charge in [-0.15, -0.1) is 11.3 Å². The summed E-state index contributed by atoms with van der Waals surface area (Å²) in [6.45, 7) is 5.60. The number of hydrogen-bond acceptors (Lipinski definition) is 3. The molecule has 1 aromatic heterocycles. The Morgan fingerprint density at radius 3 is 2.40 bits per heavy atom. The van der Waals surface area contributed by atoms with Crippen molar-refractivity contribution >= 4 is 28.9 Å². The summed E-state index contributed by atoms with van der Waals surface area (Å²) in [6.07, 6.45) is 0. The quantitative estimate of drug-likeness (QED) is 0.906. The molecule has 0 unspecified atom stereocenters. The Kier molecular flexibility index (Phi) is 3.90. The number of thiophene rings is 1. The van der Waals surface area contributed by atoms with Gasteiger partial charge in [0.2, 0.25) is 0 Å². The lowest BCUT2D eigenvalue weighted by Crippen LogP contribution is -2.14. The van der Waals surface area contributed by atoms with Crippen LogP contribution in [0.1, 0.15) is 36.0 Å². The van der Waals surface area contributed by atoms with E-state index >= 15 is 0 Å². The first-order chi connectivity index (χ1) is 9.40. The molecular weight excluding hydrogens is 274 g/mol. The van der Waals surface area contributed by atoms with E-state index in [4.69, 9.17) is 0 Å². The summed E-state index contributed by atoms with van der Waals surface area (Å²) in [4.78, 5) is 25.1. The number of amides is 1. The molecule has 104 valence electrons. The first kappa shape index (κ1) is 14.3. The average molecular weight is 289 g/mol. The molecule has 0 saturated carbocycles. The van der Waals surface area contributed by atoms with Crippen LogP contribution in [0.4, 0.5) is 5.69 Å². The van der Waals surface area contributed by atoms with Crippen LogP contribution in [0.3, 0.4) is 0 Å². The Balaban J connectivity index is 2.33. The maximum absolute atomic E-state index is 12.2. The average Bonchev–Trinajstić information content (AvgIpc) is 2.69. The molecule has 2 rings (SSSR count). The smallest absolute Gasteiger partial charge is 0.338 e. The molecule has 0 bridgehead atoms. The Morgan fingerprint density at radius 1 is 1.15 bits per heavy atom. The molecule has 2 aromatic rings. The van der Waals surface area contributed by atoms with E-state index in [9.17, 15) is 14.7 Å². The van der Waals surface area contributed by atoms with E-state index < -0.39 is 5.97 Å². The van der Waals surface area contributed by atoms with Crippen molar-refractivity contribution in [1.82, 2.24) is 0 Å². The maximum atomic E-state index is 12.2. The second-order valence-corrected chi connectivity index (χ2v) is 5.86. The van der Waals surface area contributed by atoms with Crippen molar-refractivity contribution < 1.29 is 14.7 Å². The van der Waals surface area contributed by atoms with Crippen LogP contribution in [0.5, 0.6) is 0 Å². The Bertz CT molecular complexity index is 669. The topological polar surface area (TPSA) is 66.4 Å². The number of carbonyl (C=O) groups excluding carboxylic acids is 1. The number of carbonyl (C=O) groups is 2. The van der Waals surface area contributed by atoms with Gasteiger partial charge in [0, 0.05) is 4.88 Å². The van der Waals surface area contributed by atoms with Gasteiger partial charge in [0.1, 0.15) is 0 Å². The standard InChI is InChI=1S/C15H15NO3S/c1-8-5-4-6-11(13(8)15(18)19)16-14(17)12-7-9(2)10(3)20-12/h4-7H,1-3H3,(H,16,17)(H,18,19). The highest BCUT2D eigenvalue weighted by molar-refractivity contribution is 7.14. The van der Waals surface area contributed by atoms with Crippen molar-refractivity contribution in [2.24, 2.45) is 0 Å². The molecule has 5 heteroatoms. The minimum absolute atomic E-state index is 0.130. The molecule has 0 spiro atoms. The Labute approximate surface area is 121 Å². The summed E-state index contributed by atoms with van der Waals surface area (Å²) in [5.41, 5.74) is 2.13. The van der Waals surface area contributed by atoms with Crippen LogP contribution >= 0.6 is 11.3 Å². The summed E-state index contributed by atoms with van der Waals surface area (Å²) in [6, 6.07) is 6.84. The molecular formula is C15H15NO3S. The van der Waals surface area contributed by atoms with Crippen LogP contribution in [-0.2, 0) is 0 Å². The molecule has 1 aromatic carbocycles. The zero-order valence-electron chi connectivity index (χ0n) is 11.5. The molecule has 0 saturated heterocycles. The first-order valence-electron chi connectivity index (χ1n) is 6.11. The number of anilines is 1. The van der Waals surface area contributed by atoms with Crippen LogP contribution in [-0.4, -0.2) is 17.0 Å². The zero-order chi connectivity index (χ0) is 14.9. The number of carboxylic acids is 1. The van der Waals surface area contributed by atoms with Crippen LogP contribution in [0.2, 0.25) is 0 Å². The van der Waals surface area contributed by atoms with Crippen molar-refractivity contribution in [1.29, 1.82) is 0 Å². The molecule has 0 atom stereocenters. The molecule has 0 aliphatic carbocycles. The number of aromatic carboxylic acids is 1. The Morgan fingerprint density at radius 2 is 1.85 bits per heavy atom. The van der Waals surface area contributed by atoms with Crippen molar-refractivity contribution in [2.45, 2.75) is 20.8 Å². The molecule has 2 N–H and O–H groups in total. The largest absolute Gasteiger partial charge is 0.478 e. The predicted octanol–water partition coefficient (Wildman–Crippen LogP) is 3.62. The minimum atomic E-state index is -1.04. The molecule has 1 amide bonds. The summed E-state index contributed by atoms with van der Waals surface area (Å²) in [5.74, 6) is -1.32. The second kappa shape index (κ2) is 5.46. The number of aryl methyl sites for hydroxylation is 3. The molecule has 0 aliphatic rings.